The summed E-state index contributed by atoms with van der Waals surface area (Å²) in [4.78, 5) is 9.69. The van der Waals surface area contributed by atoms with Gasteiger partial charge in [-0.25, -0.2) is 4.39 Å². The molecular formula is C8H7BrFNO3. The molecule has 0 aliphatic rings. The van der Waals surface area contributed by atoms with Crippen molar-refractivity contribution in [3.8, 4) is 5.75 Å². The molecular weight excluding hydrogens is 257 g/mol. The molecule has 0 saturated heterocycles. The van der Waals surface area contributed by atoms with E-state index in [0.29, 0.717) is 6.61 Å². The number of nitro benzene ring substituents is 1. The lowest BCUT2D eigenvalue weighted by molar-refractivity contribution is -0.385. The summed E-state index contributed by atoms with van der Waals surface area (Å²) in [6, 6.07) is 2.03. The van der Waals surface area contributed by atoms with E-state index in [1.807, 2.05) is 0 Å². The zero-order chi connectivity index (χ0) is 10.7. The molecule has 0 aliphatic heterocycles. The summed E-state index contributed by atoms with van der Waals surface area (Å²) >= 11 is 3.00. The van der Waals surface area contributed by atoms with Gasteiger partial charge < -0.3 is 4.74 Å². The van der Waals surface area contributed by atoms with Gasteiger partial charge in [-0.3, -0.25) is 10.1 Å². The largest absolute Gasteiger partial charge is 0.490 e. The summed E-state index contributed by atoms with van der Waals surface area (Å²) in [5.41, 5.74) is -0.308. The summed E-state index contributed by atoms with van der Waals surface area (Å²) in [7, 11) is 0. The second-order valence-corrected chi connectivity index (χ2v) is 3.28. The van der Waals surface area contributed by atoms with E-state index in [-0.39, 0.29) is 15.9 Å². The molecule has 0 saturated carbocycles. The average molecular weight is 264 g/mol. The molecule has 1 aromatic carbocycles. The molecule has 0 bridgehead atoms. The number of hydrogen-bond acceptors (Lipinski definition) is 3. The summed E-state index contributed by atoms with van der Waals surface area (Å²) in [6.07, 6.45) is 0. The normalized spacial score (nSPS) is 9.93. The fourth-order valence-electron chi connectivity index (χ4n) is 0.934. The van der Waals surface area contributed by atoms with Gasteiger partial charge in [-0.15, -0.1) is 0 Å². The van der Waals surface area contributed by atoms with Gasteiger partial charge in [0, 0.05) is 6.07 Å². The minimum absolute atomic E-state index is 0.00176. The van der Waals surface area contributed by atoms with E-state index in [2.05, 4.69) is 15.9 Å². The van der Waals surface area contributed by atoms with Crippen LogP contribution in [-0.4, -0.2) is 11.5 Å². The molecule has 1 rings (SSSR count). The minimum atomic E-state index is -0.743. The highest BCUT2D eigenvalue weighted by Gasteiger charge is 2.15. The Hall–Kier alpha value is -1.17. The van der Waals surface area contributed by atoms with Gasteiger partial charge in [0.1, 0.15) is 0 Å². The van der Waals surface area contributed by atoms with Gasteiger partial charge in [-0.1, -0.05) is 0 Å². The highest BCUT2D eigenvalue weighted by molar-refractivity contribution is 9.10. The maximum Gasteiger partial charge on any atom is 0.273 e. The molecule has 0 heterocycles. The van der Waals surface area contributed by atoms with E-state index in [1.54, 1.807) is 6.92 Å². The van der Waals surface area contributed by atoms with Gasteiger partial charge in [0.05, 0.1) is 22.1 Å². The lowest BCUT2D eigenvalue weighted by Gasteiger charge is -2.06. The van der Waals surface area contributed by atoms with E-state index in [4.69, 9.17) is 4.74 Å². The van der Waals surface area contributed by atoms with Crippen LogP contribution in [0.4, 0.5) is 10.1 Å². The van der Waals surface area contributed by atoms with Gasteiger partial charge in [-0.05, 0) is 22.9 Å². The van der Waals surface area contributed by atoms with Crippen LogP contribution in [0.25, 0.3) is 0 Å². The summed E-state index contributed by atoms with van der Waals surface area (Å²) in [5.74, 6) is -0.744. The zero-order valence-electron chi connectivity index (χ0n) is 7.29. The smallest absolute Gasteiger partial charge is 0.273 e. The van der Waals surface area contributed by atoms with E-state index < -0.39 is 10.7 Å². The standard InChI is InChI=1S/C8H7BrFNO3/c1-2-14-8-6(9)3-5(11(12)13)4-7(8)10/h3-4H,2H2,1H3. The Morgan fingerprint density at radius 2 is 2.29 bits per heavy atom. The lowest BCUT2D eigenvalue weighted by Crippen LogP contribution is -1.97. The molecule has 0 radical (unpaired) electrons. The molecule has 0 fully saturated rings. The van der Waals surface area contributed by atoms with Crippen LogP contribution in [0.1, 0.15) is 6.92 Å². The molecule has 14 heavy (non-hydrogen) atoms. The molecule has 6 heteroatoms. The van der Waals surface area contributed by atoms with Crippen molar-refractivity contribution in [2.45, 2.75) is 6.92 Å². The third kappa shape index (κ3) is 2.20. The van der Waals surface area contributed by atoms with Gasteiger partial charge in [-0.2, -0.15) is 0 Å². The third-order valence-corrected chi connectivity index (χ3v) is 2.07. The Balaban J connectivity index is 3.18. The van der Waals surface area contributed by atoms with Crippen LogP contribution in [0, 0.1) is 15.9 Å². The van der Waals surface area contributed by atoms with E-state index >= 15 is 0 Å². The van der Waals surface area contributed by atoms with Crippen LogP contribution in [0.5, 0.6) is 5.75 Å². The number of hydrogen-bond donors (Lipinski definition) is 0. The Morgan fingerprint density at radius 1 is 1.64 bits per heavy atom. The van der Waals surface area contributed by atoms with Crippen molar-refractivity contribution in [3.05, 3.63) is 32.5 Å². The maximum atomic E-state index is 13.2. The van der Waals surface area contributed by atoms with Gasteiger partial charge in [0.2, 0.25) is 0 Å². The molecule has 0 spiro atoms. The molecule has 0 unspecified atom stereocenters. The molecule has 76 valence electrons. The summed E-state index contributed by atoms with van der Waals surface area (Å²) < 4.78 is 18.4. The Morgan fingerprint density at radius 3 is 2.71 bits per heavy atom. The number of nitrogens with zero attached hydrogens (tertiary/aromatic N) is 1. The second-order valence-electron chi connectivity index (χ2n) is 2.43. The van der Waals surface area contributed by atoms with Crippen molar-refractivity contribution >= 4 is 21.6 Å². The van der Waals surface area contributed by atoms with Crippen LogP contribution >= 0.6 is 15.9 Å². The Labute approximate surface area is 88.0 Å². The topological polar surface area (TPSA) is 52.4 Å². The fourth-order valence-corrected chi connectivity index (χ4v) is 1.47. The second kappa shape index (κ2) is 4.36. The summed E-state index contributed by atoms with van der Waals surface area (Å²) in [6.45, 7) is 2.00. The number of ether oxygens (including phenoxy) is 1. The van der Waals surface area contributed by atoms with Crippen molar-refractivity contribution in [2.24, 2.45) is 0 Å². The van der Waals surface area contributed by atoms with Crippen molar-refractivity contribution in [1.29, 1.82) is 0 Å². The number of non-ortho nitro benzene ring substituents is 1. The van der Waals surface area contributed by atoms with Gasteiger partial charge >= 0.3 is 0 Å². The first-order valence-electron chi connectivity index (χ1n) is 3.82. The van der Waals surface area contributed by atoms with Crippen LogP contribution in [0.3, 0.4) is 0 Å². The maximum absolute atomic E-state index is 13.2. The van der Waals surface area contributed by atoms with E-state index in [1.165, 1.54) is 6.07 Å². The van der Waals surface area contributed by atoms with E-state index in [0.717, 1.165) is 6.07 Å². The van der Waals surface area contributed by atoms with E-state index in [9.17, 15) is 14.5 Å². The molecule has 4 nitrogen and oxygen atoms in total. The number of rotatable bonds is 3. The fraction of sp³-hybridized carbons (Fsp3) is 0.250. The van der Waals surface area contributed by atoms with Crippen LogP contribution in [0.2, 0.25) is 0 Å². The molecule has 0 N–H and O–H groups in total. The molecule has 0 aromatic heterocycles. The third-order valence-electron chi connectivity index (χ3n) is 1.48. The van der Waals surface area contributed by atoms with Crippen molar-refractivity contribution < 1.29 is 14.1 Å². The van der Waals surface area contributed by atoms with Crippen molar-refractivity contribution in [2.75, 3.05) is 6.61 Å². The average Bonchev–Trinajstić information content (AvgIpc) is 2.10. The quantitative estimate of drug-likeness (QED) is 0.623. The van der Waals surface area contributed by atoms with Crippen LogP contribution in [-0.2, 0) is 0 Å². The first kappa shape index (κ1) is 10.9. The van der Waals surface area contributed by atoms with Crippen LogP contribution < -0.4 is 4.74 Å². The highest BCUT2D eigenvalue weighted by atomic mass is 79.9. The van der Waals surface area contributed by atoms with Crippen LogP contribution in [0.15, 0.2) is 16.6 Å². The van der Waals surface area contributed by atoms with Gasteiger partial charge in [0.25, 0.3) is 5.69 Å². The molecule has 0 aliphatic carbocycles. The zero-order valence-corrected chi connectivity index (χ0v) is 8.88. The van der Waals surface area contributed by atoms with Gasteiger partial charge in [0.15, 0.2) is 11.6 Å². The molecule has 0 atom stereocenters. The van der Waals surface area contributed by atoms with Crippen molar-refractivity contribution in [3.63, 3.8) is 0 Å². The first-order chi connectivity index (χ1) is 6.56. The number of halogens is 2. The molecule has 1 aromatic rings. The predicted molar refractivity (Wildman–Crippen MR) is 51.9 cm³/mol. The monoisotopic (exact) mass is 263 g/mol. The predicted octanol–water partition coefficient (Wildman–Crippen LogP) is 2.90. The Bertz CT molecular complexity index is 347. The van der Waals surface area contributed by atoms with Crippen molar-refractivity contribution in [1.82, 2.24) is 0 Å². The highest BCUT2D eigenvalue weighted by Crippen LogP contribution is 2.32. The SMILES string of the molecule is CCOc1c(F)cc([N+](=O)[O-])cc1Br. The molecule has 0 amide bonds. The number of nitro groups is 1. The lowest BCUT2D eigenvalue weighted by atomic mass is 10.3. The Kier molecular flexibility index (Phi) is 3.40. The minimum Gasteiger partial charge on any atom is -0.490 e. The number of benzene rings is 1. The first-order valence-corrected chi connectivity index (χ1v) is 4.61. The summed E-state index contributed by atoms with van der Waals surface area (Å²) in [5, 5.41) is 10.4.